The number of nitrogens with one attached hydrogen (secondary N) is 2. The van der Waals surface area contributed by atoms with Gasteiger partial charge < -0.3 is 10.6 Å². The Kier molecular flexibility index (Phi) is 6.79. The highest BCUT2D eigenvalue weighted by molar-refractivity contribution is 6.32. The molecule has 164 valence electrons. The second-order valence-corrected chi connectivity index (χ2v) is 7.06. The molecule has 7 nitrogen and oxygen atoms in total. The quantitative estimate of drug-likeness (QED) is 0.532. The van der Waals surface area contributed by atoms with E-state index < -0.39 is 17.6 Å². The Morgan fingerprint density at radius 2 is 1.90 bits per heavy atom. The van der Waals surface area contributed by atoms with E-state index in [0.717, 1.165) is 6.07 Å². The van der Waals surface area contributed by atoms with Crippen LogP contribution in [0.25, 0.3) is 10.8 Å². The normalized spacial score (nSPS) is 11.5. The minimum atomic E-state index is -4.53. The minimum Gasteiger partial charge on any atom is -0.367 e. The van der Waals surface area contributed by atoms with Crippen molar-refractivity contribution < 1.29 is 18.0 Å². The summed E-state index contributed by atoms with van der Waals surface area (Å²) in [4.78, 5) is 28.8. The van der Waals surface area contributed by atoms with Crippen molar-refractivity contribution >= 4 is 34.1 Å². The van der Waals surface area contributed by atoms with Crippen LogP contribution in [0.5, 0.6) is 0 Å². The Hall–Kier alpha value is -3.14. The second kappa shape index (κ2) is 9.34. The number of carbonyl (C=O) groups excluding carboxylic acids is 1. The minimum absolute atomic E-state index is 0.0731. The summed E-state index contributed by atoms with van der Waals surface area (Å²) in [5.74, 6) is -0.404. The lowest BCUT2D eigenvalue weighted by molar-refractivity contribution is -0.137. The van der Waals surface area contributed by atoms with E-state index in [1.165, 1.54) is 4.68 Å². The Morgan fingerprint density at radius 1 is 1.19 bits per heavy atom. The number of aromatic nitrogens is 3. The number of aryl methyl sites for hydroxylation is 1. The van der Waals surface area contributed by atoms with Crippen LogP contribution in [-0.4, -0.2) is 33.8 Å². The summed E-state index contributed by atoms with van der Waals surface area (Å²) in [5.41, 5.74) is -1.09. The lowest BCUT2D eigenvalue weighted by Crippen LogP contribution is -2.33. The van der Waals surface area contributed by atoms with Gasteiger partial charge >= 0.3 is 6.18 Å². The van der Waals surface area contributed by atoms with E-state index in [1.807, 2.05) is 6.92 Å². The van der Waals surface area contributed by atoms with Gasteiger partial charge in [-0.05, 0) is 18.6 Å². The molecule has 0 aliphatic carbocycles. The summed E-state index contributed by atoms with van der Waals surface area (Å²) in [7, 11) is 0. The summed E-state index contributed by atoms with van der Waals surface area (Å²) < 4.78 is 39.3. The van der Waals surface area contributed by atoms with Crippen molar-refractivity contribution in [2.24, 2.45) is 0 Å². The van der Waals surface area contributed by atoms with Gasteiger partial charge in [-0.3, -0.25) is 9.59 Å². The Morgan fingerprint density at radius 3 is 2.55 bits per heavy atom. The molecule has 0 unspecified atom stereocenters. The molecule has 0 spiro atoms. The number of hydrogen-bond acceptors (Lipinski definition) is 5. The van der Waals surface area contributed by atoms with Crippen molar-refractivity contribution in [3.05, 3.63) is 63.2 Å². The summed E-state index contributed by atoms with van der Waals surface area (Å²) in [6, 6.07) is 7.50. The van der Waals surface area contributed by atoms with Gasteiger partial charge in [-0.15, -0.1) is 0 Å². The van der Waals surface area contributed by atoms with E-state index in [4.69, 9.17) is 11.6 Å². The molecule has 1 amide bonds. The predicted octanol–water partition coefficient (Wildman–Crippen LogP) is 3.72. The fraction of sp³-hybridized carbons (Fsp3) is 0.300. The molecule has 0 bridgehead atoms. The van der Waals surface area contributed by atoms with Crippen LogP contribution in [0.2, 0.25) is 5.02 Å². The first kappa shape index (κ1) is 22.5. The van der Waals surface area contributed by atoms with Crippen LogP contribution in [0.3, 0.4) is 0 Å². The SMILES string of the molecule is CCCn1nc(C(=O)NCCNc2ncc(C(F)(F)F)cc2Cl)c2ccccc2c1=O. The van der Waals surface area contributed by atoms with Crippen molar-refractivity contribution in [1.82, 2.24) is 20.1 Å². The van der Waals surface area contributed by atoms with Gasteiger partial charge in [0.2, 0.25) is 0 Å². The maximum atomic E-state index is 12.7. The number of anilines is 1. The van der Waals surface area contributed by atoms with Gasteiger partial charge in [-0.25, -0.2) is 9.67 Å². The first-order valence-corrected chi connectivity index (χ1v) is 9.84. The first-order valence-electron chi connectivity index (χ1n) is 9.47. The number of benzene rings is 1. The molecule has 2 heterocycles. The zero-order valence-corrected chi connectivity index (χ0v) is 17.2. The molecule has 3 rings (SSSR count). The number of alkyl halides is 3. The molecule has 3 aromatic rings. The molecule has 0 aliphatic heterocycles. The number of halogens is 4. The van der Waals surface area contributed by atoms with Crippen LogP contribution < -0.4 is 16.2 Å². The molecule has 2 N–H and O–H groups in total. The highest BCUT2D eigenvalue weighted by Gasteiger charge is 2.31. The average molecular weight is 454 g/mol. The molecule has 0 aliphatic rings. The second-order valence-electron chi connectivity index (χ2n) is 6.66. The fourth-order valence-corrected chi connectivity index (χ4v) is 3.16. The molecule has 31 heavy (non-hydrogen) atoms. The molecule has 2 aromatic heterocycles. The third-order valence-electron chi connectivity index (χ3n) is 4.39. The molecule has 0 atom stereocenters. The first-order chi connectivity index (χ1) is 14.7. The van der Waals surface area contributed by atoms with Gasteiger partial charge in [0.25, 0.3) is 11.5 Å². The summed E-state index contributed by atoms with van der Waals surface area (Å²) in [5, 5.41) is 10.3. The van der Waals surface area contributed by atoms with Crippen LogP contribution in [0.15, 0.2) is 41.3 Å². The third-order valence-corrected chi connectivity index (χ3v) is 4.68. The smallest absolute Gasteiger partial charge is 0.367 e. The fourth-order valence-electron chi connectivity index (χ4n) is 2.93. The highest BCUT2D eigenvalue weighted by atomic mass is 35.5. The van der Waals surface area contributed by atoms with Gasteiger partial charge in [-0.2, -0.15) is 18.3 Å². The number of fused-ring (bicyclic) bond motifs is 1. The van der Waals surface area contributed by atoms with Crippen molar-refractivity contribution in [1.29, 1.82) is 0 Å². The monoisotopic (exact) mass is 453 g/mol. The predicted molar refractivity (Wildman–Crippen MR) is 111 cm³/mol. The number of amides is 1. The van der Waals surface area contributed by atoms with Gasteiger partial charge in [0.05, 0.1) is 16.0 Å². The van der Waals surface area contributed by atoms with Crippen LogP contribution in [0.1, 0.15) is 29.4 Å². The summed E-state index contributed by atoms with van der Waals surface area (Å²) in [6.45, 7) is 2.57. The molecule has 0 saturated carbocycles. The molecule has 0 radical (unpaired) electrons. The zero-order valence-electron chi connectivity index (χ0n) is 16.5. The average Bonchev–Trinajstić information content (AvgIpc) is 2.73. The zero-order chi connectivity index (χ0) is 22.6. The molecule has 0 saturated heterocycles. The van der Waals surface area contributed by atoms with E-state index in [1.54, 1.807) is 24.3 Å². The standard InChI is InChI=1S/C20H19ClF3N5O2/c1-2-9-29-19(31)14-6-4-3-5-13(14)16(28-29)18(30)26-8-7-25-17-15(21)10-12(11-27-17)20(22,23)24/h3-6,10-11H,2,7-9H2,1H3,(H,25,27)(H,26,30). The Labute approximate surface area is 180 Å². The Bertz CT molecular complexity index is 1160. The number of rotatable bonds is 7. The molecule has 0 fully saturated rings. The van der Waals surface area contributed by atoms with Crippen LogP contribution in [-0.2, 0) is 12.7 Å². The lowest BCUT2D eigenvalue weighted by atomic mass is 10.1. The van der Waals surface area contributed by atoms with Gasteiger partial charge in [0.1, 0.15) is 5.82 Å². The maximum absolute atomic E-state index is 12.7. The number of hydrogen-bond donors (Lipinski definition) is 2. The number of carbonyl (C=O) groups is 1. The molecule has 1 aromatic carbocycles. The van der Waals surface area contributed by atoms with Crippen LogP contribution >= 0.6 is 11.6 Å². The lowest BCUT2D eigenvalue weighted by Gasteiger charge is -2.12. The Balaban J connectivity index is 1.69. The highest BCUT2D eigenvalue weighted by Crippen LogP contribution is 2.32. The molecule has 11 heteroatoms. The third kappa shape index (κ3) is 5.13. The van der Waals surface area contributed by atoms with Crippen molar-refractivity contribution in [3.63, 3.8) is 0 Å². The topological polar surface area (TPSA) is 88.9 Å². The van der Waals surface area contributed by atoms with E-state index >= 15 is 0 Å². The van der Waals surface area contributed by atoms with Gasteiger partial charge in [0.15, 0.2) is 5.69 Å². The van der Waals surface area contributed by atoms with Crippen LogP contribution in [0.4, 0.5) is 19.0 Å². The number of pyridine rings is 1. The van der Waals surface area contributed by atoms with E-state index in [0.29, 0.717) is 29.9 Å². The van der Waals surface area contributed by atoms with E-state index in [-0.39, 0.29) is 35.2 Å². The molecular weight excluding hydrogens is 435 g/mol. The van der Waals surface area contributed by atoms with Crippen LogP contribution in [0, 0.1) is 0 Å². The maximum Gasteiger partial charge on any atom is 0.417 e. The van der Waals surface area contributed by atoms with Crippen molar-refractivity contribution in [3.8, 4) is 0 Å². The van der Waals surface area contributed by atoms with Gasteiger partial charge in [-0.1, -0.05) is 36.7 Å². The van der Waals surface area contributed by atoms with Crippen molar-refractivity contribution in [2.75, 3.05) is 18.4 Å². The van der Waals surface area contributed by atoms with Crippen molar-refractivity contribution in [2.45, 2.75) is 26.1 Å². The number of nitrogens with zero attached hydrogens (tertiary/aromatic N) is 3. The van der Waals surface area contributed by atoms with E-state index in [9.17, 15) is 22.8 Å². The largest absolute Gasteiger partial charge is 0.417 e. The summed E-state index contributed by atoms with van der Waals surface area (Å²) in [6.07, 6.45) is -3.18. The van der Waals surface area contributed by atoms with Gasteiger partial charge in [0, 0.05) is 31.2 Å². The molecular formula is C20H19ClF3N5O2. The van der Waals surface area contributed by atoms with E-state index in [2.05, 4.69) is 20.7 Å². The summed E-state index contributed by atoms with van der Waals surface area (Å²) >= 11 is 5.85.